The third-order valence-corrected chi connectivity index (χ3v) is 4.58. The zero-order valence-corrected chi connectivity index (χ0v) is 11.8. The van der Waals surface area contributed by atoms with E-state index in [9.17, 15) is 4.79 Å². The molecule has 1 aliphatic rings. The average Bonchev–Trinajstić information content (AvgIpc) is 3.00. The van der Waals surface area contributed by atoms with E-state index in [1.54, 1.807) is 17.5 Å². The van der Waals surface area contributed by atoms with Crippen LogP contribution in [0.25, 0.3) is 0 Å². The van der Waals surface area contributed by atoms with Crippen LogP contribution in [0.15, 0.2) is 11.6 Å². The Morgan fingerprint density at radius 3 is 3.11 bits per heavy atom. The maximum atomic E-state index is 12.5. The smallest absolute Gasteiger partial charge is 0.228 e. The van der Waals surface area contributed by atoms with E-state index in [1.807, 2.05) is 12.3 Å². The highest BCUT2D eigenvalue weighted by Gasteiger charge is 2.40. The molecule has 0 aliphatic carbocycles. The van der Waals surface area contributed by atoms with Gasteiger partial charge in [-0.2, -0.15) is 0 Å². The molecule has 0 saturated carbocycles. The Hall–Kier alpha value is -0.940. The highest BCUT2D eigenvalue weighted by atomic mass is 32.1. The van der Waals surface area contributed by atoms with Gasteiger partial charge in [-0.15, -0.1) is 11.3 Å². The van der Waals surface area contributed by atoms with Crippen molar-refractivity contribution in [3.05, 3.63) is 16.6 Å². The van der Waals surface area contributed by atoms with Crippen LogP contribution < -0.4 is 10.6 Å². The second-order valence-corrected chi connectivity index (χ2v) is 5.95. The Labute approximate surface area is 112 Å². The highest BCUT2D eigenvalue weighted by Crippen LogP contribution is 2.32. The van der Waals surface area contributed by atoms with Crippen LogP contribution in [-0.4, -0.2) is 24.0 Å². The second-order valence-electron chi connectivity index (χ2n) is 5.02. The molecule has 0 bridgehead atoms. The average molecular weight is 267 g/mol. The van der Waals surface area contributed by atoms with E-state index in [0.29, 0.717) is 0 Å². The summed E-state index contributed by atoms with van der Waals surface area (Å²) in [5.74, 6) is 0.178. The third-order valence-electron chi connectivity index (χ3n) is 3.62. The molecule has 0 aromatic carbocycles. The lowest BCUT2D eigenvalue weighted by Crippen LogP contribution is -2.43. The van der Waals surface area contributed by atoms with Gasteiger partial charge in [0.25, 0.3) is 0 Å². The van der Waals surface area contributed by atoms with Crippen molar-refractivity contribution in [1.82, 2.24) is 15.6 Å². The summed E-state index contributed by atoms with van der Waals surface area (Å²) in [6, 6.07) is 0.00633. The Morgan fingerprint density at radius 2 is 2.56 bits per heavy atom. The van der Waals surface area contributed by atoms with Crippen LogP contribution >= 0.6 is 11.3 Å². The first kappa shape index (κ1) is 13.5. The number of carbonyl (C=O) groups excluding carboxylic acids is 1. The van der Waals surface area contributed by atoms with Crippen LogP contribution in [0.3, 0.4) is 0 Å². The fraction of sp³-hybridized carbons (Fsp3) is 0.692. The highest BCUT2D eigenvalue weighted by molar-refractivity contribution is 7.09. The maximum absolute atomic E-state index is 12.5. The van der Waals surface area contributed by atoms with Gasteiger partial charge in [0.1, 0.15) is 5.01 Å². The molecule has 0 radical (unpaired) electrons. The minimum absolute atomic E-state index is 0.00633. The predicted octanol–water partition coefficient (Wildman–Crippen LogP) is 2.10. The summed E-state index contributed by atoms with van der Waals surface area (Å²) in [5.41, 5.74) is -0.208. The fourth-order valence-corrected chi connectivity index (χ4v) is 3.25. The van der Waals surface area contributed by atoms with Gasteiger partial charge in [0.15, 0.2) is 0 Å². The van der Waals surface area contributed by atoms with Crippen LogP contribution in [0.4, 0.5) is 0 Å². The minimum Gasteiger partial charge on any atom is -0.347 e. The first-order valence-electron chi connectivity index (χ1n) is 6.59. The number of amides is 1. The van der Waals surface area contributed by atoms with Gasteiger partial charge >= 0.3 is 0 Å². The summed E-state index contributed by atoms with van der Waals surface area (Å²) in [4.78, 5) is 16.7. The minimum atomic E-state index is -0.208. The number of hydrogen-bond donors (Lipinski definition) is 2. The van der Waals surface area contributed by atoms with Gasteiger partial charge in [0.05, 0.1) is 11.5 Å². The molecule has 1 aromatic rings. The van der Waals surface area contributed by atoms with E-state index < -0.39 is 0 Å². The molecule has 100 valence electrons. The van der Waals surface area contributed by atoms with Crippen molar-refractivity contribution in [3.8, 4) is 0 Å². The van der Waals surface area contributed by atoms with Crippen molar-refractivity contribution in [1.29, 1.82) is 0 Å². The number of nitrogens with one attached hydrogen (secondary N) is 2. The molecule has 2 atom stereocenters. The number of hydrogen-bond acceptors (Lipinski definition) is 4. The summed E-state index contributed by atoms with van der Waals surface area (Å²) in [5, 5.41) is 9.35. The molecule has 2 heterocycles. The van der Waals surface area contributed by atoms with Gasteiger partial charge in [0, 0.05) is 18.1 Å². The zero-order valence-electron chi connectivity index (χ0n) is 11.0. The fourth-order valence-electron chi connectivity index (χ4n) is 2.60. The van der Waals surface area contributed by atoms with Crippen LogP contribution in [0.2, 0.25) is 0 Å². The zero-order chi connectivity index (χ0) is 13.0. The molecular formula is C13H21N3OS. The maximum Gasteiger partial charge on any atom is 0.228 e. The monoisotopic (exact) mass is 267 g/mol. The molecule has 18 heavy (non-hydrogen) atoms. The van der Waals surface area contributed by atoms with E-state index >= 15 is 0 Å². The van der Waals surface area contributed by atoms with E-state index in [2.05, 4.69) is 22.5 Å². The van der Waals surface area contributed by atoms with Crippen LogP contribution in [0.5, 0.6) is 0 Å². The van der Waals surface area contributed by atoms with Crippen LogP contribution in [0, 0.1) is 5.41 Å². The molecule has 0 spiro atoms. The summed E-state index contributed by atoms with van der Waals surface area (Å²) >= 11 is 1.59. The second kappa shape index (κ2) is 5.80. The predicted molar refractivity (Wildman–Crippen MR) is 73.5 cm³/mol. The SMILES string of the molecule is CCCC1(C(=O)NC(C)c2nccs2)CCNC1. The van der Waals surface area contributed by atoms with Gasteiger partial charge < -0.3 is 10.6 Å². The van der Waals surface area contributed by atoms with Crippen LogP contribution in [-0.2, 0) is 4.79 Å². The lowest BCUT2D eigenvalue weighted by Gasteiger charge is -2.28. The Kier molecular flexibility index (Phi) is 4.35. The van der Waals surface area contributed by atoms with Gasteiger partial charge in [0.2, 0.25) is 5.91 Å². The lowest BCUT2D eigenvalue weighted by molar-refractivity contribution is -0.131. The van der Waals surface area contributed by atoms with Crippen molar-refractivity contribution >= 4 is 17.2 Å². The molecule has 1 amide bonds. The molecule has 4 nitrogen and oxygen atoms in total. The lowest BCUT2D eigenvalue weighted by atomic mass is 9.81. The standard InChI is InChI=1S/C13H21N3OS/c1-3-4-13(5-6-14-9-13)12(17)16-10(2)11-15-7-8-18-11/h7-8,10,14H,3-6,9H2,1-2H3,(H,16,17). The molecular weight excluding hydrogens is 246 g/mol. The number of nitrogens with zero attached hydrogens (tertiary/aromatic N) is 1. The largest absolute Gasteiger partial charge is 0.347 e. The van der Waals surface area contributed by atoms with Gasteiger partial charge in [-0.25, -0.2) is 4.98 Å². The molecule has 2 rings (SSSR count). The van der Waals surface area contributed by atoms with E-state index in [0.717, 1.165) is 37.4 Å². The van der Waals surface area contributed by atoms with Crippen molar-refractivity contribution < 1.29 is 4.79 Å². The molecule has 1 aliphatic heterocycles. The molecule has 1 fully saturated rings. The Bertz CT molecular complexity index is 385. The Morgan fingerprint density at radius 1 is 1.72 bits per heavy atom. The number of thiazole rings is 1. The molecule has 2 unspecified atom stereocenters. The molecule has 2 N–H and O–H groups in total. The molecule has 1 saturated heterocycles. The normalized spacial score (nSPS) is 25.0. The quantitative estimate of drug-likeness (QED) is 0.859. The number of aromatic nitrogens is 1. The summed E-state index contributed by atoms with van der Waals surface area (Å²) in [6.07, 6.45) is 4.72. The molecule has 1 aromatic heterocycles. The van der Waals surface area contributed by atoms with Gasteiger partial charge in [-0.05, 0) is 26.3 Å². The summed E-state index contributed by atoms with van der Waals surface area (Å²) in [6.45, 7) is 5.88. The Balaban J connectivity index is 2.01. The summed E-state index contributed by atoms with van der Waals surface area (Å²) < 4.78 is 0. The van der Waals surface area contributed by atoms with Crippen molar-refractivity contribution in [2.45, 2.75) is 39.2 Å². The topological polar surface area (TPSA) is 54.0 Å². The summed E-state index contributed by atoms with van der Waals surface area (Å²) in [7, 11) is 0. The molecule has 5 heteroatoms. The van der Waals surface area contributed by atoms with Crippen molar-refractivity contribution in [2.24, 2.45) is 5.41 Å². The number of carbonyl (C=O) groups is 1. The van der Waals surface area contributed by atoms with Crippen LogP contribution in [0.1, 0.15) is 44.2 Å². The van der Waals surface area contributed by atoms with E-state index in [4.69, 9.17) is 0 Å². The van der Waals surface area contributed by atoms with Gasteiger partial charge in [-0.3, -0.25) is 4.79 Å². The first-order valence-corrected chi connectivity index (χ1v) is 7.47. The number of rotatable bonds is 5. The van der Waals surface area contributed by atoms with E-state index in [1.165, 1.54) is 0 Å². The first-order chi connectivity index (χ1) is 8.68. The van der Waals surface area contributed by atoms with Crippen molar-refractivity contribution in [2.75, 3.05) is 13.1 Å². The van der Waals surface area contributed by atoms with Crippen molar-refractivity contribution in [3.63, 3.8) is 0 Å². The van der Waals surface area contributed by atoms with E-state index in [-0.39, 0.29) is 17.4 Å². The third kappa shape index (κ3) is 2.72. The van der Waals surface area contributed by atoms with Gasteiger partial charge in [-0.1, -0.05) is 13.3 Å².